The van der Waals surface area contributed by atoms with E-state index in [0.29, 0.717) is 5.75 Å². The first-order valence-corrected chi connectivity index (χ1v) is 4.61. The third-order valence-electron chi connectivity index (χ3n) is 1.47. The minimum Gasteiger partial charge on any atom is -0.486 e. The fraction of sp³-hybridized carbons (Fsp3) is 0.400. The van der Waals surface area contributed by atoms with E-state index >= 15 is 0 Å². The SMILES string of the molecule is CC(C)(C)Oc1cc(Cl)c(F)cc1N. The highest BCUT2D eigenvalue weighted by Crippen LogP contribution is 2.30. The Balaban J connectivity index is 3.04. The molecule has 0 saturated carbocycles. The standard InChI is InChI=1S/C10H13ClFNO/c1-10(2,3)14-9-4-6(11)7(12)5-8(9)13/h4-5H,13H2,1-3H3. The molecule has 0 radical (unpaired) electrons. The molecule has 78 valence electrons. The first-order chi connectivity index (χ1) is 6.29. The second-order valence-electron chi connectivity index (χ2n) is 4.02. The second-order valence-corrected chi connectivity index (χ2v) is 4.43. The van der Waals surface area contributed by atoms with E-state index in [1.165, 1.54) is 6.07 Å². The average molecular weight is 218 g/mol. The molecule has 1 aromatic rings. The summed E-state index contributed by atoms with van der Waals surface area (Å²) in [5.41, 5.74) is 5.45. The van der Waals surface area contributed by atoms with Gasteiger partial charge in [0, 0.05) is 12.1 Å². The van der Waals surface area contributed by atoms with Gasteiger partial charge in [0.25, 0.3) is 0 Å². The molecule has 0 unspecified atom stereocenters. The zero-order chi connectivity index (χ0) is 10.9. The molecule has 0 aliphatic heterocycles. The van der Waals surface area contributed by atoms with Gasteiger partial charge in [0.15, 0.2) is 0 Å². The summed E-state index contributed by atoms with van der Waals surface area (Å²) in [6.45, 7) is 5.64. The quantitative estimate of drug-likeness (QED) is 0.733. The van der Waals surface area contributed by atoms with Crippen molar-refractivity contribution in [1.29, 1.82) is 0 Å². The zero-order valence-electron chi connectivity index (χ0n) is 8.40. The zero-order valence-corrected chi connectivity index (χ0v) is 9.15. The lowest BCUT2D eigenvalue weighted by atomic mass is 10.2. The third-order valence-corrected chi connectivity index (χ3v) is 1.76. The Kier molecular flexibility index (Phi) is 2.90. The number of hydrogen-bond acceptors (Lipinski definition) is 2. The van der Waals surface area contributed by atoms with Crippen molar-refractivity contribution in [2.45, 2.75) is 26.4 Å². The van der Waals surface area contributed by atoms with Gasteiger partial charge in [-0.3, -0.25) is 0 Å². The molecule has 0 aliphatic carbocycles. The predicted octanol–water partition coefficient (Wildman–Crippen LogP) is 3.24. The minimum atomic E-state index is -0.537. The first-order valence-electron chi connectivity index (χ1n) is 4.23. The van der Waals surface area contributed by atoms with Crippen LogP contribution in [0, 0.1) is 5.82 Å². The topological polar surface area (TPSA) is 35.2 Å². The molecule has 0 amide bonds. The van der Waals surface area contributed by atoms with Gasteiger partial charge in [0.05, 0.1) is 10.7 Å². The number of ether oxygens (including phenoxy) is 1. The fourth-order valence-corrected chi connectivity index (χ4v) is 1.12. The number of benzene rings is 1. The number of halogens is 2. The van der Waals surface area contributed by atoms with Crippen molar-refractivity contribution >= 4 is 17.3 Å². The Morgan fingerprint density at radius 1 is 1.36 bits per heavy atom. The molecule has 0 aliphatic rings. The molecular weight excluding hydrogens is 205 g/mol. The highest BCUT2D eigenvalue weighted by atomic mass is 35.5. The van der Waals surface area contributed by atoms with Crippen molar-refractivity contribution in [1.82, 2.24) is 0 Å². The maximum absolute atomic E-state index is 12.9. The van der Waals surface area contributed by atoms with Crippen LogP contribution in [-0.4, -0.2) is 5.60 Å². The molecule has 0 atom stereocenters. The summed E-state index contributed by atoms with van der Waals surface area (Å²) in [6, 6.07) is 2.54. The molecule has 0 bridgehead atoms. The number of rotatable bonds is 1. The van der Waals surface area contributed by atoms with E-state index < -0.39 is 5.82 Å². The van der Waals surface area contributed by atoms with Crippen LogP contribution in [0.4, 0.5) is 10.1 Å². The van der Waals surface area contributed by atoms with E-state index in [1.54, 1.807) is 0 Å². The minimum absolute atomic E-state index is 0.0125. The van der Waals surface area contributed by atoms with E-state index in [4.69, 9.17) is 22.1 Å². The van der Waals surface area contributed by atoms with Crippen molar-refractivity contribution in [3.05, 3.63) is 23.0 Å². The molecule has 0 spiro atoms. The molecule has 0 heterocycles. The Bertz CT molecular complexity index is 347. The third kappa shape index (κ3) is 2.77. The Morgan fingerprint density at radius 2 is 1.93 bits per heavy atom. The van der Waals surface area contributed by atoms with Crippen LogP contribution in [0.15, 0.2) is 12.1 Å². The Morgan fingerprint density at radius 3 is 2.43 bits per heavy atom. The smallest absolute Gasteiger partial charge is 0.144 e. The highest BCUT2D eigenvalue weighted by molar-refractivity contribution is 6.31. The molecule has 4 heteroatoms. The van der Waals surface area contributed by atoms with Gasteiger partial charge in [0.2, 0.25) is 0 Å². The molecule has 2 N–H and O–H groups in total. The summed E-state index contributed by atoms with van der Waals surface area (Å²) < 4.78 is 18.4. The van der Waals surface area contributed by atoms with Crippen LogP contribution in [0.5, 0.6) is 5.75 Å². The number of nitrogens with two attached hydrogens (primary N) is 1. The first kappa shape index (κ1) is 11.1. The van der Waals surface area contributed by atoms with Crippen LogP contribution in [-0.2, 0) is 0 Å². The normalized spacial score (nSPS) is 11.5. The lowest BCUT2D eigenvalue weighted by Gasteiger charge is -2.22. The summed E-state index contributed by atoms with van der Waals surface area (Å²) >= 11 is 5.60. The maximum Gasteiger partial charge on any atom is 0.144 e. The summed E-state index contributed by atoms with van der Waals surface area (Å²) in [6.07, 6.45) is 0. The van der Waals surface area contributed by atoms with Gasteiger partial charge in [-0.25, -0.2) is 4.39 Å². The van der Waals surface area contributed by atoms with Crippen LogP contribution in [0.2, 0.25) is 5.02 Å². The van der Waals surface area contributed by atoms with Gasteiger partial charge in [-0.2, -0.15) is 0 Å². The molecule has 14 heavy (non-hydrogen) atoms. The summed E-state index contributed by atoms with van der Waals surface area (Å²) in [4.78, 5) is 0. The van der Waals surface area contributed by atoms with Crippen LogP contribution in [0.25, 0.3) is 0 Å². The van der Waals surface area contributed by atoms with E-state index in [2.05, 4.69) is 0 Å². The maximum atomic E-state index is 12.9. The van der Waals surface area contributed by atoms with Crippen molar-refractivity contribution in [2.75, 3.05) is 5.73 Å². The van der Waals surface area contributed by atoms with E-state index in [0.717, 1.165) is 6.07 Å². The summed E-state index contributed by atoms with van der Waals surface area (Å²) in [7, 11) is 0. The number of anilines is 1. The Labute approximate surface area is 87.8 Å². The van der Waals surface area contributed by atoms with Crippen LogP contribution < -0.4 is 10.5 Å². The molecule has 1 rings (SSSR count). The predicted molar refractivity (Wildman–Crippen MR) is 56.2 cm³/mol. The van der Waals surface area contributed by atoms with Gasteiger partial charge in [0.1, 0.15) is 17.2 Å². The van der Waals surface area contributed by atoms with E-state index in [-0.39, 0.29) is 16.3 Å². The van der Waals surface area contributed by atoms with Crippen molar-refractivity contribution in [3.63, 3.8) is 0 Å². The van der Waals surface area contributed by atoms with Crippen molar-refractivity contribution in [2.24, 2.45) is 0 Å². The van der Waals surface area contributed by atoms with E-state index in [1.807, 2.05) is 20.8 Å². The molecule has 1 aromatic carbocycles. The summed E-state index contributed by atoms with van der Waals surface area (Å²) in [5, 5.41) is 0.0125. The molecule has 0 aromatic heterocycles. The monoisotopic (exact) mass is 217 g/mol. The van der Waals surface area contributed by atoms with Crippen LogP contribution in [0.1, 0.15) is 20.8 Å². The summed E-state index contributed by atoms with van der Waals surface area (Å²) in [5.74, 6) is -0.130. The fourth-order valence-electron chi connectivity index (χ4n) is 0.962. The second kappa shape index (κ2) is 3.65. The lowest BCUT2D eigenvalue weighted by molar-refractivity contribution is 0.132. The van der Waals surface area contributed by atoms with Gasteiger partial charge >= 0.3 is 0 Å². The van der Waals surface area contributed by atoms with E-state index in [9.17, 15) is 4.39 Å². The molecule has 2 nitrogen and oxygen atoms in total. The van der Waals surface area contributed by atoms with Crippen LogP contribution in [0.3, 0.4) is 0 Å². The largest absolute Gasteiger partial charge is 0.486 e. The lowest BCUT2D eigenvalue weighted by Crippen LogP contribution is -2.23. The number of hydrogen-bond donors (Lipinski definition) is 1. The molecule has 0 fully saturated rings. The van der Waals surface area contributed by atoms with Crippen molar-refractivity contribution in [3.8, 4) is 5.75 Å². The average Bonchev–Trinajstić information content (AvgIpc) is 1.97. The molecule has 0 saturated heterocycles. The van der Waals surface area contributed by atoms with Gasteiger partial charge in [-0.1, -0.05) is 11.6 Å². The Hall–Kier alpha value is -0.960. The molecular formula is C10H13ClFNO. The van der Waals surface area contributed by atoms with Gasteiger partial charge in [-0.05, 0) is 20.8 Å². The van der Waals surface area contributed by atoms with Crippen molar-refractivity contribution < 1.29 is 9.13 Å². The van der Waals surface area contributed by atoms with Crippen LogP contribution >= 0.6 is 11.6 Å². The van der Waals surface area contributed by atoms with Gasteiger partial charge < -0.3 is 10.5 Å². The number of nitrogen functional groups attached to an aromatic ring is 1. The highest BCUT2D eigenvalue weighted by Gasteiger charge is 2.15. The van der Waals surface area contributed by atoms with Gasteiger partial charge in [-0.15, -0.1) is 0 Å².